The smallest absolute Gasteiger partial charge is 0.338 e. The molecule has 2 aromatic carbocycles. The molecule has 3 aromatic rings. The van der Waals surface area contributed by atoms with Crippen LogP contribution in [-0.4, -0.2) is 20.6 Å². The topological polar surface area (TPSA) is 90.7 Å². The standard InChI is InChI=1S/C21H19ClO6S/c1-3-14-8-19-17(10-18(14)22)16(9-20(23)28-19)11-27-21(24)15-6-4-13(5-7-15)12-29(2,25)26/h4-10H,3,11-12H2,1-2H3. The third-order valence-corrected chi connectivity index (χ3v) is 5.56. The molecule has 152 valence electrons. The van der Waals surface area contributed by atoms with Gasteiger partial charge in [0.05, 0.1) is 11.3 Å². The Morgan fingerprint density at radius 2 is 1.79 bits per heavy atom. The molecule has 0 fully saturated rings. The number of fused-ring (bicyclic) bond motifs is 1. The van der Waals surface area contributed by atoms with E-state index in [1.807, 2.05) is 6.92 Å². The lowest BCUT2D eigenvalue weighted by Gasteiger charge is -2.09. The Balaban J connectivity index is 1.80. The molecule has 0 aliphatic heterocycles. The van der Waals surface area contributed by atoms with Crippen molar-refractivity contribution in [2.75, 3.05) is 6.26 Å². The van der Waals surface area contributed by atoms with Crippen molar-refractivity contribution < 1.29 is 22.4 Å². The number of sulfone groups is 1. The second-order valence-corrected chi connectivity index (χ2v) is 9.27. The molecule has 1 aromatic heterocycles. The summed E-state index contributed by atoms with van der Waals surface area (Å²) in [6, 6.07) is 10.8. The van der Waals surface area contributed by atoms with E-state index in [2.05, 4.69) is 0 Å². The highest BCUT2D eigenvalue weighted by molar-refractivity contribution is 7.89. The van der Waals surface area contributed by atoms with Gasteiger partial charge in [-0.15, -0.1) is 0 Å². The predicted molar refractivity (Wildman–Crippen MR) is 111 cm³/mol. The number of esters is 1. The van der Waals surface area contributed by atoms with Gasteiger partial charge in [0.2, 0.25) is 0 Å². The van der Waals surface area contributed by atoms with Crippen molar-refractivity contribution in [1.29, 1.82) is 0 Å². The van der Waals surface area contributed by atoms with E-state index in [1.54, 1.807) is 24.3 Å². The Labute approximate surface area is 173 Å². The minimum Gasteiger partial charge on any atom is -0.457 e. The molecule has 0 amide bonds. The van der Waals surface area contributed by atoms with Crippen molar-refractivity contribution >= 4 is 38.4 Å². The van der Waals surface area contributed by atoms with Crippen LogP contribution in [-0.2, 0) is 33.4 Å². The van der Waals surface area contributed by atoms with Crippen molar-refractivity contribution in [3.63, 3.8) is 0 Å². The van der Waals surface area contributed by atoms with E-state index in [4.69, 9.17) is 20.8 Å². The summed E-state index contributed by atoms with van der Waals surface area (Å²) in [4.78, 5) is 24.2. The molecule has 29 heavy (non-hydrogen) atoms. The lowest BCUT2D eigenvalue weighted by molar-refractivity contribution is 0.0474. The molecule has 0 aliphatic carbocycles. The number of rotatable bonds is 6. The van der Waals surface area contributed by atoms with Gasteiger partial charge >= 0.3 is 11.6 Å². The summed E-state index contributed by atoms with van der Waals surface area (Å²) >= 11 is 6.26. The van der Waals surface area contributed by atoms with Crippen LogP contribution in [0.3, 0.4) is 0 Å². The van der Waals surface area contributed by atoms with Crippen molar-refractivity contribution in [3.8, 4) is 0 Å². The Morgan fingerprint density at radius 3 is 2.41 bits per heavy atom. The first-order valence-electron chi connectivity index (χ1n) is 8.85. The minimum atomic E-state index is -3.16. The van der Waals surface area contributed by atoms with Crippen LogP contribution in [0.2, 0.25) is 5.02 Å². The lowest BCUT2D eigenvalue weighted by atomic mass is 10.1. The number of ether oxygens (including phenoxy) is 1. The first-order chi connectivity index (χ1) is 13.7. The molecule has 0 N–H and O–H groups in total. The molecular formula is C21H19ClO6S. The predicted octanol–water partition coefficient (Wildman–Crippen LogP) is 3.91. The summed E-state index contributed by atoms with van der Waals surface area (Å²) in [7, 11) is -3.16. The van der Waals surface area contributed by atoms with Crippen molar-refractivity contribution in [2.24, 2.45) is 0 Å². The average molecular weight is 435 g/mol. The fourth-order valence-corrected chi connectivity index (χ4v) is 4.04. The lowest BCUT2D eigenvalue weighted by Crippen LogP contribution is -2.08. The van der Waals surface area contributed by atoms with Crippen LogP contribution in [0.25, 0.3) is 11.0 Å². The monoisotopic (exact) mass is 434 g/mol. The first-order valence-corrected chi connectivity index (χ1v) is 11.3. The molecule has 0 aliphatic rings. The molecule has 1 heterocycles. The zero-order valence-electron chi connectivity index (χ0n) is 15.9. The third kappa shape index (κ3) is 5.25. The molecule has 0 spiro atoms. The molecule has 0 saturated heterocycles. The number of carbonyl (C=O) groups excluding carboxylic acids is 1. The molecule has 3 rings (SSSR count). The van der Waals surface area contributed by atoms with E-state index in [9.17, 15) is 18.0 Å². The van der Waals surface area contributed by atoms with Crippen LogP contribution in [0.4, 0.5) is 0 Å². The maximum Gasteiger partial charge on any atom is 0.338 e. The highest BCUT2D eigenvalue weighted by atomic mass is 35.5. The van der Waals surface area contributed by atoms with E-state index in [0.29, 0.717) is 33.5 Å². The molecular weight excluding hydrogens is 416 g/mol. The molecule has 0 bridgehead atoms. The fourth-order valence-electron chi connectivity index (χ4n) is 2.95. The van der Waals surface area contributed by atoms with Crippen LogP contribution in [0.5, 0.6) is 0 Å². The SMILES string of the molecule is CCc1cc2oc(=O)cc(COC(=O)c3ccc(CS(C)(=O)=O)cc3)c2cc1Cl. The van der Waals surface area contributed by atoms with Crippen LogP contribution in [0, 0.1) is 0 Å². The second-order valence-electron chi connectivity index (χ2n) is 6.73. The molecule has 8 heteroatoms. The molecule has 0 unspecified atom stereocenters. The maximum absolute atomic E-state index is 12.3. The highest BCUT2D eigenvalue weighted by Crippen LogP contribution is 2.26. The Hall–Kier alpha value is -2.64. The quantitative estimate of drug-likeness (QED) is 0.431. The van der Waals surface area contributed by atoms with Crippen molar-refractivity contribution in [2.45, 2.75) is 25.7 Å². The van der Waals surface area contributed by atoms with Gasteiger partial charge in [0.25, 0.3) is 0 Å². The van der Waals surface area contributed by atoms with Crippen molar-refractivity contribution in [1.82, 2.24) is 0 Å². The molecule has 0 radical (unpaired) electrons. The zero-order valence-corrected chi connectivity index (χ0v) is 17.5. The number of carbonyl (C=O) groups is 1. The highest BCUT2D eigenvalue weighted by Gasteiger charge is 2.13. The van der Waals surface area contributed by atoms with Gasteiger partial charge in [0, 0.05) is 28.3 Å². The van der Waals surface area contributed by atoms with Gasteiger partial charge in [0.15, 0.2) is 9.84 Å². The van der Waals surface area contributed by atoms with Gasteiger partial charge < -0.3 is 9.15 Å². The Kier molecular flexibility index (Phi) is 6.10. The molecule has 0 saturated carbocycles. The van der Waals surface area contributed by atoms with E-state index in [0.717, 1.165) is 11.8 Å². The number of hydrogen-bond donors (Lipinski definition) is 0. The first kappa shape index (κ1) is 21.1. The summed E-state index contributed by atoms with van der Waals surface area (Å²) in [5.74, 6) is -0.692. The summed E-state index contributed by atoms with van der Waals surface area (Å²) in [6.07, 6.45) is 1.83. The maximum atomic E-state index is 12.3. The van der Waals surface area contributed by atoms with E-state index >= 15 is 0 Å². The van der Waals surface area contributed by atoms with E-state index < -0.39 is 21.4 Å². The van der Waals surface area contributed by atoms with Crippen LogP contribution in [0.15, 0.2) is 51.7 Å². The summed E-state index contributed by atoms with van der Waals surface area (Å²) in [5, 5.41) is 1.14. The normalized spacial score (nSPS) is 11.6. The van der Waals surface area contributed by atoms with Crippen molar-refractivity contribution in [3.05, 3.63) is 80.2 Å². The minimum absolute atomic E-state index is 0.103. The number of halogens is 1. The molecule has 6 nitrogen and oxygen atoms in total. The molecule has 0 atom stereocenters. The summed E-state index contributed by atoms with van der Waals surface area (Å²) in [6.45, 7) is 1.81. The van der Waals surface area contributed by atoms with Gasteiger partial charge in [-0.1, -0.05) is 30.7 Å². The van der Waals surface area contributed by atoms with Gasteiger partial charge in [-0.25, -0.2) is 18.0 Å². The van der Waals surface area contributed by atoms with Gasteiger partial charge in [0.1, 0.15) is 12.2 Å². The summed E-state index contributed by atoms with van der Waals surface area (Å²) < 4.78 is 33.3. The number of hydrogen-bond acceptors (Lipinski definition) is 6. The van der Waals surface area contributed by atoms with Gasteiger partial charge in [-0.2, -0.15) is 0 Å². The fraction of sp³-hybridized carbons (Fsp3) is 0.238. The van der Waals surface area contributed by atoms with Gasteiger partial charge in [-0.3, -0.25) is 0 Å². The third-order valence-electron chi connectivity index (χ3n) is 4.36. The Morgan fingerprint density at radius 1 is 1.10 bits per heavy atom. The largest absolute Gasteiger partial charge is 0.457 e. The second kappa shape index (κ2) is 8.39. The van der Waals surface area contributed by atoms with E-state index in [-0.39, 0.29) is 17.9 Å². The Bertz CT molecular complexity index is 1230. The summed E-state index contributed by atoms with van der Waals surface area (Å²) in [5.41, 5.74) is 2.04. The number of aryl methyl sites for hydroxylation is 1. The van der Waals surface area contributed by atoms with E-state index in [1.165, 1.54) is 18.2 Å². The zero-order chi connectivity index (χ0) is 21.2. The average Bonchev–Trinajstić information content (AvgIpc) is 2.65. The van der Waals surface area contributed by atoms with Crippen LogP contribution >= 0.6 is 11.6 Å². The van der Waals surface area contributed by atoms with Gasteiger partial charge in [-0.05, 0) is 41.8 Å². The van der Waals surface area contributed by atoms with Crippen LogP contribution < -0.4 is 5.63 Å². The number of benzene rings is 2. The van der Waals surface area contributed by atoms with Crippen LogP contribution in [0.1, 0.15) is 34.0 Å².